The van der Waals surface area contributed by atoms with Gasteiger partial charge in [0.1, 0.15) is 5.71 Å². The third kappa shape index (κ3) is 4.04. The van der Waals surface area contributed by atoms with Gasteiger partial charge in [-0.3, -0.25) is 9.80 Å². The number of benzene rings is 1. The van der Waals surface area contributed by atoms with E-state index >= 15 is 0 Å². The summed E-state index contributed by atoms with van der Waals surface area (Å²) in [6.07, 6.45) is 7.23. The molecule has 3 aliphatic rings. The van der Waals surface area contributed by atoms with Crippen molar-refractivity contribution in [3.8, 4) is 0 Å². The summed E-state index contributed by atoms with van der Waals surface area (Å²) in [7, 11) is 0. The van der Waals surface area contributed by atoms with Crippen LogP contribution in [-0.4, -0.2) is 58.9 Å². The summed E-state index contributed by atoms with van der Waals surface area (Å²) in [6, 6.07) is 8.29. The van der Waals surface area contributed by atoms with Gasteiger partial charge in [-0.15, -0.1) is 0 Å². The molecule has 1 atom stereocenters. The number of carbonyl (C=O) groups is 2. The molecule has 2 fully saturated rings. The molecule has 0 bridgehead atoms. The first-order valence-electron chi connectivity index (χ1n) is 10.2. The molecule has 7 heteroatoms. The molecule has 4 rings (SSSR count). The summed E-state index contributed by atoms with van der Waals surface area (Å²) in [6.45, 7) is 1.27. The Morgan fingerprint density at radius 3 is 2.29 bits per heavy atom. The number of carboxylic acids is 1. The molecule has 1 saturated heterocycles. The Kier molecular flexibility index (Phi) is 5.62. The van der Waals surface area contributed by atoms with Crippen molar-refractivity contribution in [2.75, 3.05) is 18.1 Å². The standard InChI is InChI=1S/C21H27N3O4/c25-20(23-12-10-17(11-13-23)28-16-8-4-5-9-16)18-14-19(21(26)27)24(22-18)15-6-2-1-3-7-15/h1-3,6-7,16-17,19H,4-5,8-14H2,(H,26,27). The molecule has 0 spiro atoms. The third-order valence-electron chi connectivity index (χ3n) is 5.88. The Morgan fingerprint density at radius 2 is 1.64 bits per heavy atom. The monoisotopic (exact) mass is 385 g/mol. The molecule has 1 unspecified atom stereocenters. The average Bonchev–Trinajstić information content (AvgIpc) is 3.39. The number of hydrogen-bond acceptors (Lipinski definition) is 5. The van der Waals surface area contributed by atoms with Crippen LogP contribution in [-0.2, 0) is 14.3 Å². The molecule has 1 aromatic carbocycles. The van der Waals surface area contributed by atoms with Gasteiger partial charge >= 0.3 is 5.97 Å². The highest BCUT2D eigenvalue weighted by atomic mass is 16.5. The van der Waals surface area contributed by atoms with Crippen molar-refractivity contribution < 1.29 is 19.4 Å². The zero-order valence-corrected chi connectivity index (χ0v) is 16.0. The summed E-state index contributed by atoms with van der Waals surface area (Å²) in [5.74, 6) is -1.12. The van der Waals surface area contributed by atoms with Gasteiger partial charge in [-0.2, -0.15) is 5.10 Å². The van der Waals surface area contributed by atoms with Crippen molar-refractivity contribution in [1.82, 2.24) is 4.90 Å². The maximum absolute atomic E-state index is 12.9. The van der Waals surface area contributed by atoms with Gasteiger partial charge in [0.05, 0.1) is 17.9 Å². The topological polar surface area (TPSA) is 82.4 Å². The van der Waals surface area contributed by atoms with Gasteiger partial charge in [-0.25, -0.2) is 4.79 Å². The number of para-hydroxylation sites is 1. The van der Waals surface area contributed by atoms with Crippen LogP contribution in [0.25, 0.3) is 0 Å². The first kappa shape index (κ1) is 18.9. The van der Waals surface area contributed by atoms with E-state index in [1.807, 2.05) is 18.2 Å². The zero-order valence-electron chi connectivity index (χ0n) is 16.0. The predicted octanol–water partition coefficient (Wildman–Crippen LogP) is 2.66. The summed E-state index contributed by atoms with van der Waals surface area (Å²) >= 11 is 0. The molecule has 1 aliphatic carbocycles. The van der Waals surface area contributed by atoms with E-state index in [0.29, 0.717) is 30.6 Å². The Morgan fingerprint density at radius 1 is 1.00 bits per heavy atom. The van der Waals surface area contributed by atoms with Crippen molar-refractivity contribution in [1.29, 1.82) is 0 Å². The van der Waals surface area contributed by atoms with Crippen LogP contribution in [0.4, 0.5) is 5.69 Å². The minimum atomic E-state index is -0.973. The molecule has 1 amide bonds. The number of nitrogens with zero attached hydrogens (tertiary/aromatic N) is 3. The van der Waals surface area contributed by atoms with Crippen LogP contribution in [0.5, 0.6) is 0 Å². The lowest BCUT2D eigenvalue weighted by Gasteiger charge is -2.33. The molecule has 28 heavy (non-hydrogen) atoms. The molecule has 1 saturated carbocycles. The molecule has 150 valence electrons. The van der Waals surface area contributed by atoms with Crippen LogP contribution in [0.15, 0.2) is 35.4 Å². The fourth-order valence-electron chi connectivity index (χ4n) is 4.32. The van der Waals surface area contributed by atoms with Crippen LogP contribution in [0.2, 0.25) is 0 Å². The van der Waals surface area contributed by atoms with E-state index in [1.165, 1.54) is 17.9 Å². The van der Waals surface area contributed by atoms with Crippen LogP contribution >= 0.6 is 0 Å². The SMILES string of the molecule is O=C(O)C1CC(C(=O)N2CCC(OC3CCCC3)CC2)=NN1c1ccccc1. The van der Waals surface area contributed by atoms with E-state index in [9.17, 15) is 14.7 Å². The highest BCUT2D eigenvalue weighted by Crippen LogP contribution is 2.27. The molecule has 0 aromatic heterocycles. The number of anilines is 1. The van der Waals surface area contributed by atoms with Crippen LogP contribution in [0, 0.1) is 0 Å². The molecule has 0 radical (unpaired) electrons. The van der Waals surface area contributed by atoms with Gasteiger partial charge < -0.3 is 14.7 Å². The second kappa shape index (κ2) is 8.31. The number of carbonyl (C=O) groups excluding carboxylic acids is 1. The average molecular weight is 385 g/mol. The predicted molar refractivity (Wildman–Crippen MR) is 105 cm³/mol. The second-order valence-corrected chi connectivity index (χ2v) is 7.82. The van der Waals surface area contributed by atoms with Crippen molar-refractivity contribution in [2.45, 2.75) is 63.2 Å². The Bertz CT molecular complexity index is 737. The molecule has 1 aromatic rings. The fourth-order valence-corrected chi connectivity index (χ4v) is 4.32. The van der Waals surface area contributed by atoms with E-state index in [1.54, 1.807) is 17.0 Å². The number of ether oxygens (including phenoxy) is 1. The Hall–Kier alpha value is -2.41. The number of piperidine rings is 1. The van der Waals surface area contributed by atoms with E-state index in [0.717, 1.165) is 25.7 Å². The number of likely N-dealkylation sites (tertiary alicyclic amines) is 1. The smallest absolute Gasteiger partial charge is 0.328 e. The third-order valence-corrected chi connectivity index (χ3v) is 5.88. The summed E-state index contributed by atoms with van der Waals surface area (Å²) < 4.78 is 6.18. The van der Waals surface area contributed by atoms with Gasteiger partial charge in [-0.1, -0.05) is 31.0 Å². The summed E-state index contributed by atoms with van der Waals surface area (Å²) in [5.41, 5.74) is 1.01. The molecule has 2 aliphatic heterocycles. The lowest BCUT2D eigenvalue weighted by atomic mass is 10.0. The number of hydrogen-bond donors (Lipinski definition) is 1. The highest BCUT2D eigenvalue weighted by Gasteiger charge is 2.38. The van der Waals surface area contributed by atoms with Gasteiger partial charge in [-0.05, 0) is 37.8 Å². The molecule has 1 N–H and O–H groups in total. The van der Waals surface area contributed by atoms with Gasteiger partial charge in [0.2, 0.25) is 0 Å². The lowest BCUT2D eigenvalue weighted by Crippen LogP contribution is -2.44. The summed E-state index contributed by atoms with van der Waals surface area (Å²) in [5, 5.41) is 15.4. The van der Waals surface area contributed by atoms with Crippen molar-refractivity contribution >= 4 is 23.3 Å². The Balaban J connectivity index is 1.38. The first-order valence-corrected chi connectivity index (χ1v) is 10.2. The highest BCUT2D eigenvalue weighted by molar-refractivity contribution is 6.40. The Labute approximate surface area is 165 Å². The second-order valence-electron chi connectivity index (χ2n) is 7.82. The van der Waals surface area contributed by atoms with Crippen molar-refractivity contribution in [2.24, 2.45) is 5.10 Å². The molecule has 2 heterocycles. The summed E-state index contributed by atoms with van der Waals surface area (Å²) in [4.78, 5) is 26.4. The number of rotatable bonds is 5. The van der Waals surface area contributed by atoms with Gasteiger partial charge in [0, 0.05) is 19.5 Å². The van der Waals surface area contributed by atoms with Crippen molar-refractivity contribution in [3.63, 3.8) is 0 Å². The maximum Gasteiger partial charge on any atom is 0.328 e. The normalized spacial score (nSPS) is 23.9. The molecular formula is C21H27N3O4. The number of amides is 1. The van der Waals surface area contributed by atoms with Crippen molar-refractivity contribution in [3.05, 3.63) is 30.3 Å². The van der Waals surface area contributed by atoms with Crippen LogP contribution in [0.1, 0.15) is 44.9 Å². The van der Waals surface area contributed by atoms with E-state index in [4.69, 9.17) is 4.74 Å². The zero-order chi connectivity index (χ0) is 19.5. The van der Waals surface area contributed by atoms with Crippen LogP contribution in [0.3, 0.4) is 0 Å². The van der Waals surface area contributed by atoms with E-state index in [2.05, 4.69) is 5.10 Å². The molecular weight excluding hydrogens is 358 g/mol. The maximum atomic E-state index is 12.9. The number of hydrazone groups is 1. The number of carboxylic acid groups (broad SMARTS) is 1. The minimum Gasteiger partial charge on any atom is -0.480 e. The van der Waals surface area contributed by atoms with E-state index in [-0.39, 0.29) is 18.4 Å². The largest absolute Gasteiger partial charge is 0.480 e. The first-order chi connectivity index (χ1) is 13.6. The minimum absolute atomic E-state index is 0.127. The van der Waals surface area contributed by atoms with Gasteiger partial charge in [0.15, 0.2) is 6.04 Å². The quantitative estimate of drug-likeness (QED) is 0.843. The lowest BCUT2D eigenvalue weighted by molar-refractivity contribution is -0.138. The number of aliphatic carboxylic acids is 1. The van der Waals surface area contributed by atoms with Crippen LogP contribution < -0.4 is 5.01 Å². The van der Waals surface area contributed by atoms with E-state index < -0.39 is 12.0 Å². The fraction of sp³-hybridized carbons (Fsp3) is 0.571. The molecule has 7 nitrogen and oxygen atoms in total. The van der Waals surface area contributed by atoms with Gasteiger partial charge in [0.25, 0.3) is 5.91 Å².